The number of aryl methyl sites for hydroxylation is 1. The zero-order valence-corrected chi connectivity index (χ0v) is 11.3. The topological polar surface area (TPSA) is 52.3 Å². The number of carbonyl (C=O) groups excluding carboxylic acids is 1. The van der Waals surface area contributed by atoms with Gasteiger partial charge in [-0.3, -0.25) is 4.79 Å². The number of esters is 1. The third-order valence-electron chi connectivity index (χ3n) is 3.26. The van der Waals surface area contributed by atoms with Crippen LogP contribution in [-0.4, -0.2) is 18.6 Å². The monoisotopic (exact) mass is 257 g/mol. The van der Waals surface area contributed by atoms with Gasteiger partial charge in [0.25, 0.3) is 0 Å². The zero-order valence-electron chi connectivity index (χ0n) is 11.3. The van der Waals surface area contributed by atoms with Gasteiger partial charge in [-0.15, -0.1) is 0 Å². The minimum absolute atomic E-state index is 0.341. The zero-order chi connectivity index (χ0) is 13.8. The van der Waals surface area contributed by atoms with Crippen LogP contribution in [0.3, 0.4) is 0 Å². The molecule has 19 heavy (non-hydrogen) atoms. The number of nitrogens with two attached hydrogens (primary N) is 1. The molecule has 0 bridgehead atoms. The fourth-order valence-electron chi connectivity index (χ4n) is 2.26. The predicted molar refractivity (Wildman–Crippen MR) is 77.0 cm³/mol. The van der Waals surface area contributed by atoms with Crippen molar-refractivity contribution in [2.75, 3.05) is 6.61 Å². The maximum Gasteiger partial charge on any atom is 0.323 e. The van der Waals surface area contributed by atoms with Crippen molar-refractivity contribution in [1.82, 2.24) is 0 Å². The van der Waals surface area contributed by atoms with Crippen LogP contribution in [0.5, 0.6) is 0 Å². The van der Waals surface area contributed by atoms with Gasteiger partial charge in [0, 0.05) is 0 Å². The molecular formula is C16H19NO2. The number of benzene rings is 2. The Morgan fingerprint density at radius 2 is 1.89 bits per heavy atom. The third kappa shape index (κ3) is 2.93. The number of ether oxygens (including phenoxy) is 1. The molecular weight excluding hydrogens is 238 g/mol. The SMILES string of the molecule is CCOC(=O)[C@@H](N)Cc1ccc(C)c2ccccc12. The first kappa shape index (κ1) is 13.6. The Hall–Kier alpha value is -1.87. The summed E-state index contributed by atoms with van der Waals surface area (Å²) in [6, 6.07) is 11.7. The number of hydrogen-bond acceptors (Lipinski definition) is 3. The van der Waals surface area contributed by atoms with Crippen molar-refractivity contribution in [3.8, 4) is 0 Å². The molecule has 0 aliphatic heterocycles. The Morgan fingerprint density at radius 1 is 1.21 bits per heavy atom. The van der Waals surface area contributed by atoms with Crippen LogP contribution in [-0.2, 0) is 16.0 Å². The van der Waals surface area contributed by atoms with Crippen molar-refractivity contribution >= 4 is 16.7 Å². The Balaban J connectivity index is 2.31. The predicted octanol–water partition coefficient (Wildman–Crippen LogP) is 2.58. The Kier molecular flexibility index (Phi) is 4.17. The molecule has 0 fully saturated rings. The van der Waals surface area contributed by atoms with Crippen LogP contribution in [0.1, 0.15) is 18.1 Å². The van der Waals surface area contributed by atoms with E-state index in [0.29, 0.717) is 13.0 Å². The number of fused-ring (bicyclic) bond motifs is 1. The van der Waals surface area contributed by atoms with Crippen molar-refractivity contribution in [2.45, 2.75) is 26.3 Å². The average molecular weight is 257 g/mol. The number of rotatable bonds is 4. The first-order valence-corrected chi connectivity index (χ1v) is 6.53. The second-order valence-corrected chi connectivity index (χ2v) is 4.65. The van der Waals surface area contributed by atoms with Crippen molar-refractivity contribution in [3.63, 3.8) is 0 Å². The highest BCUT2D eigenvalue weighted by Gasteiger charge is 2.16. The molecule has 100 valence electrons. The highest BCUT2D eigenvalue weighted by Crippen LogP contribution is 2.23. The van der Waals surface area contributed by atoms with Crippen LogP contribution in [0.2, 0.25) is 0 Å². The molecule has 3 nitrogen and oxygen atoms in total. The molecule has 0 saturated heterocycles. The lowest BCUT2D eigenvalue weighted by atomic mass is 9.96. The van der Waals surface area contributed by atoms with Gasteiger partial charge in [0.05, 0.1) is 6.61 Å². The van der Waals surface area contributed by atoms with Gasteiger partial charge in [0.15, 0.2) is 0 Å². The molecule has 0 aromatic heterocycles. The van der Waals surface area contributed by atoms with Crippen molar-refractivity contribution in [1.29, 1.82) is 0 Å². The minimum atomic E-state index is -0.605. The van der Waals surface area contributed by atoms with E-state index in [-0.39, 0.29) is 5.97 Å². The molecule has 0 aliphatic carbocycles. The van der Waals surface area contributed by atoms with Crippen molar-refractivity contribution in [3.05, 3.63) is 47.5 Å². The van der Waals surface area contributed by atoms with E-state index in [2.05, 4.69) is 25.1 Å². The molecule has 3 heteroatoms. The van der Waals surface area contributed by atoms with Gasteiger partial charge >= 0.3 is 5.97 Å². The van der Waals surface area contributed by atoms with Gasteiger partial charge in [-0.25, -0.2) is 0 Å². The molecule has 0 spiro atoms. The Labute approximate surface area is 113 Å². The standard InChI is InChI=1S/C16H19NO2/c1-3-19-16(18)15(17)10-12-9-8-11(2)13-6-4-5-7-14(12)13/h4-9,15H,3,10,17H2,1-2H3/t15-/m0/s1. The van der Waals surface area contributed by atoms with Gasteiger partial charge in [0.2, 0.25) is 0 Å². The van der Waals surface area contributed by atoms with Crippen LogP contribution >= 0.6 is 0 Å². The fraction of sp³-hybridized carbons (Fsp3) is 0.312. The summed E-state index contributed by atoms with van der Waals surface area (Å²) in [6.45, 7) is 4.23. The fourth-order valence-corrected chi connectivity index (χ4v) is 2.26. The smallest absolute Gasteiger partial charge is 0.323 e. The van der Waals surface area contributed by atoms with E-state index in [1.54, 1.807) is 6.92 Å². The van der Waals surface area contributed by atoms with Crippen LogP contribution < -0.4 is 5.73 Å². The Bertz CT molecular complexity index is 592. The summed E-state index contributed by atoms with van der Waals surface area (Å²) < 4.78 is 4.95. The summed E-state index contributed by atoms with van der Waals surface area (Å²) in [5.74, 6) is -0.341. The van der Waals surface area contributed by atoms with Crippen molar-refractivity contribution < 1.29 is 9.53 Å². The largest absolute Gasteiger partial charge is 0.465 e. The van der Waals surface area contributed by atoms with Crippen LogP contribution in [0.4, 0.5) is 0 Å². The molecule has 0 radical (unpaired) electrons. The number of carbonyl (C=O) groups is 1. The lowest BCUT2D eigenvalue weighted by molar-refractivity contribution is -0.144. The normalized spacial score (nSPS) is 12.4. The first-order valence-electron chi connectivity index (χ1n) is 6.53. The lowest BCUT2D eigenvalue weighted by Crippen LogP contribution is -2.34. The lowest BCUT2D eigenvalue weighted by Gasteiger charge is -2.13. The van der Waals surface area contributed by atoms with E-state index >= 15 is 0 Å². The molecule has 1 atom stereocenters. The Morgan fingerprint density at radius 3 is 2.58 bits per heavy atom. The van der Waals surface area contributed by atoms with Gasteiger partial charge in [-0.1, -0.05) is 36.4 Å². The molecule has 2 aromatic carbocycles. The van der Waals surface area contributed by atoms with Crippen LogP contribution in [0.25, 0.3) is 10.8 Å². The average Bonchev–Trinajstić information content (AvgIpc) is 2.42. The van der Waals surface area contributed by atoms with Crippen LogP contribution in [0.15, 0.2) is 36.4 Å². The molecule has 0 heterocycles. The second kappa shape index (κ2) is 5.85. The van der Waals surface area contributed by atoms with E-state index in [9.17, 15) is 4.79 Å². The summed E-state index contributed by atoms with van der Waals surface area (Å²) in [5.41, 5.74) is 8.20. The minimum Gasteiger partial charge on any atom is -0.465 e. The van der Waals surface area contributed by atoms with E-state index < -0.39 is 6.04 Å². The second-order valence-electron chi connectivity index (χ2n) is 4.65. The molecule has 0 aliphatic rings. The summed E-state index contributed by atoms with van der Waals surface area (Å²) in [7, 11) is 0. The van der Waals surface area contributed by atoms with Crippen molar-refractivity contribution in [2.24, 2.45) is 5.73 Å². The highest BCUT2D eigenvalue weighted by molar-refractivity contribution is 5.89. The molecule has 2 rings (SSSR count). The molecule has 2 N–H and O–H groups in total. The summed E-state index contributed by atoms with van der Waals surface area (Å²) >= 11 is 0. The summed E-state index contributed by atoms with van der Waals surface area (Å²) in [4.78, 5) is 11.6. The van der Waals surface area contributed by atoms with E-state index in [1.807, 2.05) is 18.2 Å². The van der Waals surface area contributed by atoms with E-state index in [1.165, 1.54) is 10.9 Å². The van der Waals surface area contributed by atoms with Gasteiger partial charge < -0.3 is 10.5 Å². The molecule has 2 aromatic rings. The van der Waals surface area contributed by atoms with E-state index in [4.69, 9.17) is 10.5 Å². The highest BCUT2D eigenvalue weighted by atomic mass is 16.5. The molecule has 0 amide bonds. The van der Waals surface area contributed by atoms with Gasteiger partial charge in [0.1, 0.15) is 6.04 Å². The maximum atomic E-state index is 11.6. The number of hydrogen-bond donors (Lipinski definition) is 1. The maximum absolute atomic E-state index is 11.6. The van der Waals surface area contributed by atoms with Gasteiger partial charge in [-0.05, 0) is 42.2 Å². The summed E-state index contributed by atoms with van der Waals surface area (Å²) in [5, 5.41) is 2.36. The first-order chi connectivity index (χ1) is 9.13. The third-order valence-corrected chi connectivity index (χ3v) is 3.26. The molecule has 0 saturated carbocycles. The van der Waals surface area contributed by atoms with Crippen LogP contribution in [0, 0.1) is 6.92 Å². The summed E-state index contributed by atoms with van der Waals surface area (Å²) in [6.07, 6.45) is 0.500. The quantitative estimate of drug-likeness (QED) is 0.856. The van der Waals surface area contributed by atoms with Gasteiger partial charge in [-0.2, -0.15) is 0 Å². The van der Waals surface area contributed by atoms with E-state index in [0.717, 1.165) is 10.9 Å². The molecule has 0 unspecified atom stereocenters.